The maximum atomic E-state index is 13.2. The van der Waals surface area contributed by atoms with Gasteiger partial charge in [0.05, 0.1) is 6.61 Å². The van der Waals surface area contributed by atoms with Crippen molar-refractivity contribution < 1.29 is 14.3 Å². The van der Waals surface area contributed by atoms with Crippen molar-refractivity contribution in [3.05, 3.63) is 0 Å². The smallest absolute Gasteiger partial charge is 0.305 e. The van der Waals surface area contributed by atoms with Crippen LogP contribution in [0.3, 0.4) is 0 Å². The molecule has 0 heterocycles. The summed E-state index contributed by atoms with van der Waals surface area (Å²) < 4.78 is 5.48. The predicted molar refractivity (Wildman–Crippen MR) is 222 cm³/mol. The summed E-state index contributed by atoms with van der Waals surface area (Å²) in [6, 6.07) is 0. The zero-order valence-electron chi connectivity index (χ0n) is 34.6. The Morgan fingerprint density at radius 2 is 0.940 bits per heavy atom. The third-order valence-electron chi connectivity index (χ3n) is 10.2. The van der Waals surface area contributed by atoms with E-state index in [0.29, 0.717) is 18.1 Å². The monoisotopic (exact) mass is 725 g/mol. The average Bonchev–Trinajstić information content (AvgIpc) is 3.10. The van der Waals surface area contributed by atoms with E-state index in [4.69, 9.17) is 4.74 Å². The summed E-state index contributed by atoms with van der Waals surface area (Å²) in [4.78, 5) is 30.2. The van der Waals surface area contributed by atoms with Crippen LogP contribution in [0.15, 0.2) is 0 Å². The molecule has 0 fully saturated rings. The van der Waals surface area contributed by atoms with Gasteiger partial charge in [0.25, 0.3) is 0 Å². The Morgan fingerprint density at radius 1 is 0.500 bits per heavy atom. The van der Waals surface area contributed by atoms with Crippen LogP contribution in [0, 0.1) is 5.92 Å². The summed E-state index contributed by atoms with van der Waals surface area (Å²) in [7, 11) is 4.33. The van der Waals surface area contributed by atoms with Crippen molar-refractivity contribution in [2.24, 2.45) is 5.92 Å². The number of thioether (sulfide) groups is 1. The van der Waals surface area contributed by atoms with Crippen LogP contribution in [0.4, 0.5) is 0 Å². The molecule has 50 heavy (non-hydrogen) atoms. The van der Waals surface area contributed by atoms with Gasteiger partial charge < -0.3 is 14.5 Å². The van der Waals surface area contributed by atoms with E-state index in [0.717, 1.165) is 63.9 Å². The van der Waals surface area contributed by atoms with Crippen LogP contribution in [0.25, 0.3) is 0 Å². The lowest BCUT2D eigenvalue weighted by Crippen LogP contribution is -2.33. The van der Waals surface area contributed by atoms with Gasteiger partial charge in [-0.2, -0.15) is 0 Å². The third-order valence-corrected chi connectivity index (χ3v) is 11.3. The number of hydrogen-bond acceptors (Lipinski definition) is 6. The topological polar surface area (TPSA) is 49.9 Å². The van der Waals surface area contributed by atoms with Crippen molar-refractivity contribution in [3.8, 4) is 0 Å². The molecule has 0 spiro atoms. The van der Waals surface area contributed by atoms with E-state index in [1.165, 1.54) is 154 Å². The Kier molecular flexibility index (Phi) is 39.1. The molecule has 0 atom stereocenters. The van der Waals surface area contributed by atoms with E-state index in [-0.39, 0.29) is 11.9 Å². The maximum absolute atomic E-state index is 13.2. The summed E-state index contributed by atoms with van der Waals surface area (Å²) in [5.41, 5.74) is 0. The summed E-state index contributed by atoms with van der Waals surface area (Å²) in [5, 5.41) is 0.489. The van der Waals surface area contributed by atoms with Crippen molar-refractivity contribution in [1.82, 2.24) is 9.80 Å². The predicted octanol–water partition coefficient (Wildman–Crippen LogP) is 13.0. The molecule has 0 saturated carbocycles. The Labute approximate surface area is 318 Å². The molecular formula is C44H88N2O3S. The first-order valence-electron chi connectivity index (χ1n) is 22.1. The number of carbonyl (C=O) groups is 2. The van der Waals surface area contributed by atoms with Crippen LogP contribution in [0.1, 0.15) is 213 Å². The Morgan fingerprint density at radius 3 is 1.46 bits per heavy atom. The molecule has 298 valence electrons. The molecule has 5 nitrogen and oxygen atoms in total. The van der Waals surface area contributed by atoms with Gasteiger partial charge in [-0.25, -0.2) is 0 Å². The SMILES string of the molecule is CCCCCCCCCC(=O)OCCCCCCN(CCCCCCSC(=O)C(CCCCCCCC)CCCCCCCC)CCN(C)C. The summed E-state index contributed by atoms with van der Waals surface area (Å²) >= 11 is 1.65. The normalized spacial score (nSPS) is 11.8. The second-order valence-corrected chi connectivity index (χ2v) is 16.6. The van der Waals surface area contributed by atoms with Gasteiger partial charge in [0.1, 0.15) is 0 Å². The first-order chi connectivity index (χ1) is 24.4. The molecule has 0 aliphatic rings. The van der Waals surface area contributed by atoms with E-state index in [9.17, 15) is 9.59 Å². The van der Waals surface area contributed by atoms with E-state index in [1.807, 2.05) is 0 Å². The van der Waals surface area contributed by atoms with Crippen molar-refractivity contribution >= 4 is 22.8 Å². The number of likely N-dealkylation sites (N-methyl/N-ethyl adjacent to an activating group) is 1. The summed E-state index contributed by atoms with van der Waals surface area (Å²) in [6.45, 7) is 12.0. The van der Waals surface area contributed by atoms with Crippen LogP contribution >= 0.6 is 11.8 Å². The lowest BCUT2D eigenvalue weighted by Gasteiger charge is -2.24. The van der Waals surface area contributed by atoms with Crippen LogP contribution in [0.5, 0.6) is 0 Å². The van der Waals surface area contributed by atoms with Crippen molar-refractivity contribution in [3.63, 3.8) is 0 Å². The first kappa shape index (κ1) is 49.4. The van der Waals surface area contributed by atoms with Crippen molar-refractivity contribution in [2.75, 3.05) is 52.6 Å². The second-order valence-electron chi connectivity index (χ2n) is 15.5. The summed E-state index contributed by atoms with van der Waals surface area (Å²) in [6.07, 6.45) is 36.7. The number of esters is 1. The van der Waals surface area contributed by atoms with E-state index >= 15 is 0 Å². The molecule has 0 radical (unpaired) electrons. The lowest BCUT2D eigenvalue weighted by atomic mass is 9.95. The molecule has 0 aromatic heterocycles. The van der Waals surface area contributed by atoms with Gasteiger partial charge in [0.15, 0.2) is 5.12 Å². The number of unbranched alkanes of at least 4 members (excludes halogenated alkanes) is 22. The second kappa shape index (κ2) is 39.6. The average molecular weight is 725 g/mol. The highest BCUT2D eigenvalue weighted by Gasteiger charge is 2.18. The zero-order valence-corrected chi connectivity index (χ0v) is 35.4. The molecule has 0 unspecified atom stereocenters. The molecule has 0 saturated heterocycles. The largest absolute Gasteiger partial charge is 0.466 e. The maximum Gasteiger partial charge on any atom is 0.305 e. The third kappa shape index (κ3) is 35.8. The Hall–Kier alpha value is -0.590. The molecule has 0 rings (SSSR count). The van der Waals surface area contributed by atoms with Crippen LogP contribution in [-0.4, -0.2) is 73.5 Å². The summed E-state index contributed by atoms with van der Waals surface area (Å²) in [5.74, 6) is 1.29. The minimum atomic E-state index is -0.00481. The highest BCUT2D eigenvalue weighted by atomic mass is 32.2. The molecule has 0 aromatic rings. The van der Waals surface area contributed by atoms with Gasteiger partial charge in [-0.3, -0.25) is 9.59 Å². The minimum Gasteiger partial charge on any atom is -0.466 e. The fourth-order valence-electron chi connectivity index (χ4n) is 6.76. The van der Waals surface area contributed by atoms with E-state index in [2.05, 4.69) is 44.7 Å². The number of nitrogens with zero attached hydrogens (tertiary/aromatic N) is 2. The number of ether oxygens (including phenoxy) is 1. The van der Waals surface area contributed by atoms with Crippen molar-refractivity contribution in [1.29, 1.82) is 0 Å². The fourth-order valence-corrected chi connectivity index (χ4v) is 7.78. The van der Waals surface area contributed by atoms with Gasteiger partial charge in [-0.15, -0.1) is 0 Å². The molecule has 6 heteroatoms. The van der Waals surface area contributed by atoms with Crippen LogP contribution in [0.2, 0.25) is 0 Å². The zero-order chi connectivity index (χ0) is 36.8. The first-order valence-corrected chi connectivity index (χ1v) is 23.1. The lowest BCUT2D eigenvalue weighted by molar-refractivity contribution is -0.143. The van der Waals surface area contributed by atoms with Gasteiger partial charge >= 0.3 is 5.97 Å². The Balaban J connectivity index is 4.16. The Bertz CT molecular complexity index is 703. The quantitative estimate of drug-likeness (QED) is 0.0463. The van der Waals surface area contributed by atoms with E-state index in [1.54, 1.807) is 11.8 Å². The molecule has 0 amide bonds. The highest BCUT2D eigenvalue weighted by molar-refractivity contribution is 8.13. The number of carbonyl (C=O) groups excluding carboxylic acids is 2. The molecule has 0 aromatic carbocycles. The van der Waals surface area contributed by atoms with Crippen LogP contribution in [-0.2, 0) is 14.3 Å². The van der Waals surface area contributed by atoms with Gasteiger partial charge in [-0.1, -0.05) is 174 Å². The number of hydrogen-bond donors (Lipinski definition) is 0. The van der Waals surface area contributed by atoms with Gasteiger partial charge in [0, 0.05) is 31.2 Å². The molecule has 0 aliphatic heterocycles. The molecule has 0 N–H and O–H groups in total. The van der Waals surface area contributed by atoms with Crippen molar-refractivity contribution in [2.45, 2.75) is 213 Å². The number of rotatable bonds is 40. The van der Waals surface area contributed by atoms with Gasteiger partial charge in [0.2, 0.25) is 0 Å². The van der Waals surface area contributed by atoms with Crippen LogP contribution < -0.4 is 0 Å². The fraction of sp³-hybridized carbons (Fsp3) is 0.955. The van der Waals surface area contributed by atoms with E-state index < -0.39 is 0 Å². The molecule has 0 aliphatic carbocycles. The molecular weight excluding hydrogens is 637 g/mol. The van der Waals surface area contributed by atoms with Gasteiger partial charge in [-0.05, 0) is 72.1 Å². The minimum absolute atomic E-state index is 0.00481. The molecule has 0 bridgehead atoms. The highest BCUT2D eigenvalue weighted by Crippen LogP contribution is 2.25. The standard InChI is InChI=1S/C44H88N2O3S/c1-6-9-12-15-18-21-28-35-43(47)49-40-31-24-22-29-36-46(39-38-45(4)5)37-30-23-25-32-41-50-44(48)42(33-26-19-16-13-10-7-2)34-27-20-17-14-11-8-3/h42H,6-41H2,1-5H3.